The zero-order chi connectivity index (χ0) is 19.7. The van der Waals surface area contributed by atoms with Crippen LogP contribution in [0.1, 0.15) is 48.4 Å². The van der Waals surface area contributed by atoms with Crippen LogP contribution in [0.5, 0.6) is 0 Å². The molecule has 0 N–H and O–H groups in total. The van der Waals surface area contributed by atoms with Gasteiger partial charge in [0.1, 0.15) is 11.6 Å². The summed E-state index contributed by atoms with van der Waals surface area (Å²) in [5.41, 5.74) is 6.07. The lowest BCUT2D eigenvalue weighted by Gasteiger charge is -2.10. The van der Waals surface area contributed by atoms with E-state index in [4.69, 9.17) is 5.26 Å². The van der Waals surface area contributed by atoms with Gasteiger partial charge in [-0.25, -0.2) is 8.78 Å². The maximum Gasteiger partial charge on any atom is 0.133 e. The Balaban J connectivity index is 1.69. The summed E-state index contributed by atoms with van der Waals surface area (Å²) < 4.78 is 29.6. The fourth-order valence-electron chi connectivity index (χ4n) is 4.01. The number of nitrogens with zero attached hydrogens (tertiary/aromatic N) is 1. The molecule has 0 heterocycles. The third-order valence-corrected chi connectivity index (χ3v) is 5.55. The van der Waals surface area contributed by atoms with Gasteiger partial charge < -0.3 is 0 Å². The Morgan fingerprint density at radius 2 is 1.68 bits per heavy atom. The van der Waals surface area contributed by atoms with Gasteiger partial charge in [0.2, 0.25) is 0 Å². The van der Waals surface area contributed by atoms with Crippen molar-refractivity contribution in [2.45, 2.75) is 39.0 Å². The van der Waals surface area contributed by atoms with Crippen molar-refractivity contribution >= 4 is 0 Å². The summed E-state index contributed by atoms with van der Waals surface area (Å²) in [5.74, 6) is -0.807. The van der Waals surface area contributed by atoms with Crippen molar-refractivity contribution in [1.29, 1.82) is 5.26 Å². The second-order valence-electron chi connectivity index (χ2n) is 7.37. The lowest BCUT2D eigenvalue weighted by Crippen LogP contribution is -2.01. The second-order valence-corrected chi connectivity index (χ2v) is 7.37. The molecule has 0 fully saturated rings. The molecular weight excluding hydrogens is 352 g/mol. The average Bonchev–Trinajstić information content (AvgIpc) is 3.08. The number of hydrogen-bond acceptors (Lipinski definition) is 1. The number of hydrogen-bond donors (Lipinski definition) is 0. The molecular formula is C25H21F2N. The quantitative estimate of drug-likeness (QED) is 0.353. The van der Waals surface area contributed by atoms with E-state index < -0.39 is 5.82 Å². The molecule has 28 heavy (non-hydrogen) atoms. The molecule has 1 nitrogen and oxygen atoms in total. The molecule has 0 saturated heterocycles. The fraction of sp³-hybridized carbons (Fsp3) is 0.240. The predicted octanol–water partition coefficient (Wildman–Crippen LogP) is 6.81. The van der Waals surface area contributed by atoms with Gasteiger partial charge in [-0.3, -0.25) is 0 Å². The highest BCUT2D eigenvalue weighted by molar-refractivity contribution is 5.81. The number of benzene rings is 3. The van der Waals surface area contributed by atoms with Crippen LogP contribution in [0.25, 0.3) is 22.3 Å². The van der Waals surface area contributed by atoms with Gasteiger partial charge >= 0.3 is 0 Å². The third kappa shape index (κ3) is 3.20. The highest BCUT2D eigenvalue weighted by Crippen LogP contribution is 2.41. The first-order valence-corrected chi connectivity index (χ1v) is 9.76. The van der Waals surface area contributed by atoms with Gasteiger partial charge in [0, 0.05) is 17.5 Å². The van der Waals surface area contributed by atoms with Gasteiger partial charge in [-0.2, -0.15) is 5.26 Å². The van der Waals surface area contributed by atoms with E-state index in [0.717, 1.165) is 41.5 Å². The smallest absolute Gasteiger partial charge is 0.133 e. The van der Waals surface area contributed by atoms with E-state index in [9.17, 15) is 4.39 Å². The molecule has 0 spiro atoms. The van der Waals surface area contributed by atoms with E-state index in [2.05, 4.69) is 13.0 Å². The number of halogens is 2. The molecule has 0 saturated carbocycles. The highest BCUT2D eigenvalue weighted by atomic mass is 19.1. The molecule has 1 aliphatic rings. The van der Waals surface area contributed by atoms with Crippen LogP contribution in [0, 0.1) is 23.0 Å². The molecule has 0 bridgehead atoms. The minimum Gasteiger partial charge on any atom is -0.207 e. The van der Waals surface area contributed by atoms with Crippen molar-refractivity contribution in [3.05, 3.63) is 82.4 Å². The molecule has 1 aliphatic carbocycles. The average molecular weight is 373 g/mol. The van der Waals surface area contributed by atoms with Crippen molar-refractivity contribution in [3.63, 3.8) is 0 Å². The van der Waals surface area contributed by atoms with Gasteiger partial charge in [0.05, 0.1) is 11.6 Å². The number of unbranched alkanes of at least 4 members (excludes halogenated alkanes) is 2. The maximum absolute atomic E-state index is 15.1. The van der Waals surface area contributed by atoms with Crippen molar-refractivity contribution in [2.24, 2.45) is 0 Å². The van der Waals surface area contributed by atoms with Crippen LogP contribution in [0.2, 0.25) is 0 Å². The van der Waals surface area contributed by atoms with Crippen LogP contribution in [-0.4, -0.2) is 0 Å². The van der Waals surface area contributed by atoms with Crippen LogP contribution in [0.4, 0.5) is 8.78 Å². The van der Waals surface area contributed by atoms with Gasteiger partial charge in [0.15, 0.2) is 0 Å². The minimum atomic E-state index is -0.434. The van der Waals surface area contributed by atoms with Crippen molar-refractivity contribution in [1.82, 2.24) is 0 Å². The van der Waals surface area contributed by atoms with Crippen LogP contribution in [0.15, 0.2) is 48.5 Å². The zero-order valence-corrected chi connectivity index (χ0v) is 15.9. The van der Waals surface area contributed by atoms with Gasteiger partial charge in [0.25, 0.3) is 0 Å². The fourth-order valence-corrected chi connectivity index (χ4v) is 4.01. The Labute approximate surface area is 164 Å². The summed E-state index contributed by atoms with van der Waals surface area (Å²) in [6.45, 7) is 2.08. The lowest BCUT2D eigenvalue weighted by atomic mass is 9.97. The Hall–Kier alpha value is -2.99. The molecule has 0 atom stereocenters. The molecule has 0 aromatic heterocycles. The van der Waals surface area contributed by atoms with Crippen LogP contribution in [0.3, 0.4) is 0 Å². The topological polar surface area (TPSA) is 23.8 Å². The summed E-state index contributed by atoms with van der Waals surface area (Å²) in [6.07, 6.45) is 3.74. The second kappa shape index (κ2) is 7.56. The van der Waals surface area contributed by atoms with E-state index in [0.29, 0.717) is 29.5 Å². The highest BCUT2D eigenvalue weighted by Gasteiger charge is 2.26. The van der Waals surface area contributed by atoms with Gasteiger partial charge in [-0.15, -0.1) is 0 Å². The van der Waals surface area contributed by atoms with E-state index in [1.165, 1.54) is 6.07 Å². The van der Waals surface area contributed by atoms with E-state index in [1.807, 2.05) is 30.3 Å². The normalized spacial score (nSPS) is 11.8. The monoisotopic (exact) mass is 373 g/mol. The number of fused-ring (bicyclic) bond motifs is 3. The van der Waals surface area contributed by atoms with E-state index >= 15 is 4.39 Å². The van der Waals surface area contributed by atoms with Crippen molar-refractivity contribution in [2.75, 3.05) is 0 Å². The Morgan fingerprint density at radius 1 is 0.929 bits per heavy atom. The van der Waals surface area contributed by atoms with Crippen LogP contribution in [-0.2, 0) is 12.8 Å². The standard InChI is InChI=1S/C25H21F2N/c1-2-3-4-5-21-24(26)14-22-20-11-10-18(12-19(20)13-23(22)25(21)27)17-8-6-16(15-28)7-9-17/h6-12,14H,2-5,13H2,1H3. The summed E-state index contributed by atoms with van der Waals surface area (Å²) in [7, 11) is 0. The Kier molecular flexibility index (Phi) is 4.96. The van der Waals surface area contributed by atoms with E-state index in [1.54, 1.807) is 12.1 Å². The molecule has 0 amide bonds. The SMILES string of the molecule is CCCCCc1c(F)cc2c(c1F)Cc1cc(-c3ccc(C#N)cc3)ccc1-2. The van der Waals surface area contributed by atoms with Crippen LogP contribution < -0.4 is 0 Å². The molecule has 3 aromatic carbocycles. The molecule has 0 aliphatic heterocycles. The molecule has 3 heteroatoms. The summed E-state index contributed by atoms with van der Waals surface area (Å²) >= 11 is 0. The molecule has 0 unspecified atom stereocenters. The first-order chi connectivity index (χ1) is 13.6. The molecule has 3 aromatic rings. The Morgan fingerprint density at radius 3 is 2.39 bits per heavy atom. The maximum atomic E-state index is 15.1. The molecule has 4 rings (SSSR count). The summed E-state index contributed by atoms with van der Waals surface area (Å²) in [5, 5.41) is 8.95. The van der Waals surface area contributed by atoms with Crippen LogP contribution >= 0.6 is 0 Å². The number of rotatable bonds is 5. The molecule has 140 valence electrons. The third-order valence-electron chi connectivity index (χ3n) is 5.55. The number of nitriles is 1. The molecule has 0 radical (unpaired) electrons. The van der Waals surface area contributed by atoms with E-state index in [-0.39, 0.29) is 11.4 Å². The summed E-state index contributed by atoms with van der Waals surface area (Å²) in [4.78, 5) is 0. The largest absolute Gasteiger partial charge is 0.207 e. The zero-order valence-electron chi connectivity index (χ0n) is 15.9. The first kappa shape index (κ1) is 18.4. The predicted molar refractivity (Wildman–Crippen MR) is 108 cm³/mol. The minimum absolute atomic E-state index is 0.229. The van der Waals surface area contributed by atoms with Crippen molar-refractivity contribution < 1.29 is 8.78 Å². The Bertz CT molecular complexity index is 1080. The first-order valence-electron chi connectivity index (χ1n) is 9.76. The van der Waals surface area contributed by atoms with Crippen molar-refractivity contribution in [3.8, 4) is 28.3 Å². The lowest BCUT2D eigenvalue weighted by molar-refractivity contribution is 0.540. The summed E-state index contributed by atoms with van der Waals surface area (Å²) in [6, 6.07) is 17.0. The van der Waals surface area contributed by atoms with Gasteiger partial charge in [-0.05, 0) is 58.9 Å². The van der Waals surface area contributed by atoms with Gasteiger partial charge in [-0.1, -0.05) is 50.1 Å².